The van der Waals surface area contributed by atoms with Gasteiger partial charge in [0.15, 0.2) is 0 Å². The molecule has 0 aliphatic rings. The standard InChI is InChI=1S/C8H18N2O/c1-6(2)10-8(11)5-7(3)9-4/h6-7,9H,5H2,1-4H3,(H,10,11). The van der Waals surface area contributed by atoms with Crippen LogP contribution in [0.3, 0.4) is 0 Å². The van der Waals surface area contributed by atoms with Gasteiger partial charge in [-0.15, -0.1) is 0 Å². The molecule has 0 aliphatic carbocycles. The van der Waals surface area contributed by atoms with E-state index in [0.29, 0.717) is 6.42 Å². The van der Waals surface area contributed by atoms with E-state index in [1.165, 1.54) is 0 Å². The van der Waals surface area contributed by atoms with E-state index in [4.69, 9.17) is 0 Å². The minimum atomic E-state index is 0.113. The highest BCUT2D eigenvalue weighted by Crippen LogP contribution is 1.89. The molecule has 3 heteroatoms. The first kappa shape index (κ1) is 10.4. The quantitative estimate of drug-likeness (QED) is 0.626. The minimum Gasteiger partial charge on any atom is -0.354 e. The van der Waals surface area contributed by atoms with E-state index in [-0.39, 0.29) is 18.0 Å². The zero-order valence-electron chi connectivity index (χ0n) is 7.77. The highest BCUT2D eigenvalue weighted by atomic mass is 16.1. The summed E-state index contributed by atoms with van der Waals surface area (Å²) >= 11 is 0. The number of rotatable bonds is 4. The monoisotopic (exact) mass is 158 g/mol. The van der Waals surface area contributed by atoms with Crippen molar-refractivity contribution in [2.24, 2.45) is 0 Å². The maximum Gasteiger partial charge on any atom is 0.221 e. The van der Waals surface area contributed by atoms with Crippen LogP contribution in [-0.4, -0.2) is 25.0 Å². The summed E-state index contributed by atoms with van der Waals surface area (Å²) in [5.74, 6) is 0.113. The predicted octanol–water partition coefficient (Wildman–Crippen LogP) is 0.509. The molecule has 0 saturated carbocycles. The van der Waals surface area contributed by atoms with E-state index in [1.54, 1.807) is 0 Å². The smallest absolute Gasteiger partial charge is 0.221 e. The molecule has 0 aromatic heterocycles. The van der Waals surface area contributed by atoms with Gasteiger partial charge in [-0.25, -0.2) is 0 Å². The van der Waals surface area contributed by atoms with E-state index in [1.807, 2.05) is 27.8 Å². The Bertz CT molecular complexity index is 123. The second-order valence-corrected chi connectivity index (χ2v) is 3.12. The lowest BCUT2D eigenvalue weighted by Crippen LogP contribution is -2.35. The van der Waals surface area contributed by atoms with Crippen molar-refractivity contribution in [2.75, 3.05) is 7.05 Å². The summed E-state index contributed by atoms with van der Waals surface area (Å²) in [5, 5.41) is 5.84. The largest absolute Gasteiger partial charge is 0.354 e. The number of amides is 1. The Kier molecular flexibility index (Phi) is 4.86. The van der Waals surface area contributed by atoms with Crippen LogP contribution < -0.4 is 10.6 Å². The molecule has 1 unspecified atom stereocenters. The van der Waals surface area contributed by atoms with Gasteiger partial charge in [-0.2, -0.15) is 0 Å². The molecule has 0 aromatic rings. The molecule has 0 rings (SSSR count). The number of hydrogen-bond donors (Lipinski definition) is 2. The van der Waals surface area contributed by atoms with Gasteiger partial charge in [-0.05, 0) is 27.8 Å². The predicted molar refractivity (Wildman–Crippen MR) is 46.4 cm³/mol. The second kappa shape index (κ2) is 5.13. The summed E-state index contributed by atoms with van der Waals surface area (Å²) in [6.07, 6.45) is 0.550. The van der Waals surface area contributed by atoms with Crippen LogP contribution in [0.1, 0.15) is 27.2 Å². The molecular weight excluding hydrogens is 140 g/mol. The van der Waals surface area contributed by atoms with Crippen LogP contribution in [0.25, 0.3) is 0 Å². The maximum atomic E-state index is 11.1. The Labute approximate surface area is 68.6 Å². The average molecular weight is 158 g/mol. The molecule has 0 saturated heterocycles. The van der Waals surface area contributed by atoms with Crippen molar-refractivity contribution in [3.05, 3.63) is 0 Å². The Morgan fingerprint density at radius 3 is 2.27 bits per heavy atom. The summed E-state index contributed by atoms with van der Waals surface area (Å²) in [7, 11) is 1.85. The van der Waals surface area contributed by atoms with Gasteiger partial charge >= 0.3 is 0 Å². The first-order valence-electron chi connectivity index (χ1n) is 4.03. The number of carbonyl (C=O) groups excluding carboxylic acids is 1. The summed E-state index contributed by atoms with van der Waals surface area (Å²) in [4.78, 5) is 11.1. The molecule has 0 bridgehead atoms. The Balaban J connectivity index is 3.52. The van der Waals surface area contributed by atoms with Gasteiger partial charge in [0.2, 0.25) is 5.91 Å². The van der Waals surface area contributed by atoms with Gasteiger partial charge in [0.25, 0.3) is 0 Å². The van der Waals surface area contributed by atoms with Crippen LogP contribution in [0.5, 0.6) is 0 Å². The van der Waals surface area contributed by atoms with Crippen molar-refractivity contribution in [3.8, 4) is 0 Å². The van der Waals surface area contributed by atoms with Gasteiger partial charge in [0.1, 0.15) is 0 Å². The molecule has 2 N–H and O–H groups in total. The maximum absolute atomic E-state index is 11.1. The highest BCUT2D eigenvalue weighted by Gasteiger charge is 2.06. The topological polar surface area (TPSA) is 41.1 Å². The Hall–Kier alpha value is -0.570. The van der Waals surface area contributed by atoms with Crippen molar-refractivity contribution in [3.63, 3.8) is 0 Å². The van der Waals surface area contributed by atoms with E-state index in [2.05, 4.69) is 10.6 Å². The molecule has 0 heterocycles. The van der Waals surface area contributed by atoms with E-state index >= 15 is 0 Å². The Morgan fingerprint density at radius 2 is 1.91 bits per heavy atom. The third kappa shape index (κ3) is 5.85. The molecule has 0 aromatic carbocycles. The highest BCUT2D eigenvalue weighted by molar-refractivity contribution is 5.76. The van der Waals surface area contributed by atoms with Gasteiger partial charge < -0.3 is 10.6 Å². The van der Waals surface area contributed by atoms with Crippen LogP contribution in [-0.2, 0) is 4.79 Å². The molecule has 1 amide bonds. The molecule has 0 aliphatic heterocycles. The van der Waals surface area contributed by atoms with Crippen LogP contribution >= 0.6 is 0 Å². The van der Waals surface area contributed by atoms with Crippen molar-refractivity contribution >= 4 is 5.91 Å². The normalized spacial score (nSPS) is 13.2. The lowest BCUT2D eigenvalue weighted by molar-refractivity contribution is -0.121. The lowest BCUT2D eigenvalue weighted by atomic mass is 10.2. The third-order valence-corrected chi connectivity index (χ3v) is 1.43. The SMILES string of the molecule is CNC(C)CC(=O)NC(C)C. The number of carbonyl (C=O) groups is 1. The number of nitrogens with one attached hydrogen (secondary N) is 2. The third-order valence-electron chi connectivity index (χ3n) is 1.43. The molecule has 0 spiro atoms. The van der Waals surface area contributed by atoms with Crippen molar-refractivity contribution in [2.45, 2.75) is 39.3 Å². The summed E-state index contributed by atoms with van der Waals surface area (Å²) in [6.45, 7) is 5.91. The molecule has 0 radical (unpaired) electrons. The van der Waals surface area contributed by atoms with Gasteiger partial charge in [-0.3, -0.25) is 4.79 Å². The van der Waals surface area contributed by atoms with E-state index in [0.717, 1.165) is 0 Å². The van der Waals surface area contributed by atoms with Gasteiger partial charge in [0.05, 0.1) is 0 Å². The van der Waals surface area contributed by atoms with Gasteiger partial charge in [-0.1, -0.05) is 0 Å². The summed E-state index contributed by atoms with van der Waals surface area (Å²) in [5.41, 5.74) is 0. The Morgan fingerprint density at radius 1 is 1.36 bits per heavy atom. The van der Waals surface area contributed by atoms with Crippen LogP contribution in [0.4, 0.5) is 0 Å². The number of hydrogen-bond acceptors (Lipinski definition) is 2. The van der Waals surface area contributed by atoms with Crippen molar-refractivity contribution < 1.29 is 4.79 Å². The van der Waals surface area contributed by atoms with E-state index < -0.39 is 0 Å². The fraction of sp³-hybridized carbons (Fsp3) is 0.875. The molecule has 3 nitrogen and oxygen atoms in total. The zero-order valence-corrected chi connectivity index (χ0v) is 7.77. The molecule has 66 valence electrons. The van der Waals surface area contributed by atoms with Crippen LogP contribution in [0.15, 0.2) is 0 Å². The first-order chi connectivity index (χ1) is 5.06. The van der Waals surface area contributed by atoms with Gasteiger partial charge in [0, 0.05) is 18.5 Å². The fourth-order valence-electron chi connectivity index (χ4n) is 0.761. The second-order valence-electron chi connectivity index (χ2n) is 3.12. The summed E-state index contributed by atoms with van der Waals surface area (Å²) < 4.78 is 0. The van der Waals surface area contributed by atoms with Crippen LogP contribution in [0, 0.1) is 0 Å². The molecule has 1 atom stereocenters. The first-order valence-corrected chi connectivity index (χ1v) is 4.03. The molecule has 11 heavy (non-hydrogen) atoms. The molecule has 0 fully saturated rings. The van der Waals surface area contributed by atoms with Crippen molar-refractivity contribution in [1.82, 2.24) is 10.6 Å². The average Bonchev–Trinajstić information content (AvgIpc) is 1.85. The van der Waals surface area contributed by atoms with Crippen molar-refractivity contribution in [1.29, 1.82) is 0 Å². The fourth-order valence-corrected chi connectivity index (χ4v) is 0.761. The van der Waals surface area contributed by atoms with Crippen LogP contribution in [0.2, 0.25) is 0 Å². The lowest BCUT2D eigenvalue weighted by Gasteiger charge is -2.11. The summed E-state index contributed by atoms with van der Waals surface area (Å²) in [6, 6.07) is 0.500. The van der Waals surface area contributed by atoms with E-state index in [9.17, 15) is 4.79 Å². The zero-order chi connectivity index (χ0) is 8.85. The molecular formula is C8H18N2O. The minimum absolute atomic E-state index is 0.113.